The van der Waals surface area contributed by atoms with E-state index < -0.39 is 17.9 Å². The normalized spacial score (nSPS) is 12.7. The number of nitriles is 1. The molecule has 0 bridgehead atoms. The molecule has 0 aliphatic carbocycles. The zero-order valence-electron chi connectivity index (χ0n) is 8.41. The van der Waals surface area contributed by atoms with E-state index in [9.17, 15) is 22.0 Å². The highest BCUT2D eigenvalue weighted by molar-refractivity contribution is 5.43. The summed E-state index contributed by atoms with van der Waals surface area (Å²) >= 11 is 0. The lowest BCUT2D eigenvalue weighted by Crippen LogP contribution is -2.35. The van der Waals surface area contributed by atoms with E-state index in [1.54, 1.807) is 6.07 Å². The Kier molecular flexibility index (Phi) is 2.46. The van der Waals surface area contributed by atoms with Gasteiger partial charge in [0.25, 0.3) is 0 Å². The van der Waals surface area contributed by atoms with Crippen molar-refractivity contribution in [3.63, 3.8) is 0 Å². The van der Waals surface area contributed by atoms with Gasteiger partial charge in [0, 0.05) is 6.20 Å². The van der Waals surface area contributed by atoms with Crippen LogP contribution in [0, 0.1) is 11.3 Å². The molecule has 0 aliphatic rings. The Bertz CT molecular complexity index is 636. The van der Waals surface area contributed by atoms with Crippen molar-refractivity contribution < 1.29 is 22.0 Å². The van der Waals surface area contributed by atoms with Gasteiger partial charge in [-0.05, 0) is 12.1 Å². The summed E-state index contributed by atoms with van der Waals surface area (Å²) in [5.41, 5.74) is -0.283. The highest BCUT2D eigenvalue weighted by Gasteiger charge is 2.61. The monoisotopic (exact) mass is 262 g/mol. The molecule has 0 fully saturated rings. The molecule has 18 heavy (non-hydrogen) atoms. The minimum absolute atomic E-state index is 0.0819. The van der Waals surface area contributed by atoms with Gasteiger partial charge in [0.05, 0.1) is 5.56 Å². The Morgan fingerprint density at radius 1 is 1.11 bits per heavy atom. The Morgan fingerprint density at radius 3 is 2.33 bits per heavy atom. The molecule has 2 rings (SSSR count). The summed E-state index contributed by atoms with van der Waals surface area (Å²) < 4.78 is 63.3. The maximum absolute atomic E-state index is 13.1. The lowest BCUT2D eigenvalue weighted by Gasteiger charge is -2.17. The molecule has 94 valence electrons. The predicted octanol–water partition coefficient (Wildman–Crippen LogP) is 2.26. The van der Waals surface area contributed by atoms with Crippen LogP contribution in [0.3, 0.4) is 0 Å². The van der Waals surface area contributed by atoms with Gasteiger partial charge in [-0.15, -0.1) is 10.2 Å². The number of aromatic nitrogens is 3. The molecule has 0 radical (unpaired) electrons. The summed E-state index contributed by atoms with van der Waals surface area (Å²) in [7, 11) is 0. The zero-order chi connectivity index (χ0) is 13.6. The van der Waals surface area contributed by atoms with Crippen LogP contribution in [0.1, 0.15) is 11.4 Å². The predicted molar refractivity (Wildman–Crippen MR) is 47.7 cm³/mol. The molecular formula is C9H3F5N4. The van der Waals surface area contributed by atoms with Crippen LogP contribution in [-0.4, -0.2) is 20.8 Å². The van der Waals surface area contributed by atoms with Crippen LogP contribution in [0.4, 0.5) is 22.0 Å². The molecule has 0 saturated carbocycles. The molecule has 4 nitrogen and oxygen atoms in total. The Morgan fingerprint density at radius 2 is 1.78 bits per heavy atom. The quantitative estimate of drug-likeness (QED) is 0.740. The first-order valence-corrected chi connectivity index (χ1v) is 4.47. The van der Waals surface area contributed by atoms with Crippen molar-refractivity contribution >= 4 is 5.65 Å². The number of nitrogens with zero attached hydrogens (tertiary/aromatic N) is 4. The number of alkyl halides is 5. The molecule has 0 amide bonds. The van der Waals surface area contributed by atoms with Crippen molar-refractivity contribution in [3.05, 3.63) is 29.7 Å². The van der Waals surface area contributed by atoms with E-state index in [1.807, 2.05) is 0 Å². The minimum Gasteiger partial charge on any atom is -0.280 e. The van der Waals surface area contributed by atoms with Crippen molar-refractivity contribution in [2.75, 3.05) is 0 Å². The summed E-state index contributed by atoms with van der Waals surface area (Å²) in [5, 5.41) is 14.6. The molecule has 2 aromatic rings. The van der Waals surface area contributed by atoms with Gasteiger partial charge in [-0.3, -0.25) is 4.40 Å². The van der Waals surface area contributed by atoms with Gasteiger partial charge < -0.3 is 0 Å². The fraction of sp³-hybridized carbons (Fsp3) is 0.222. The minimum atomic E-state index is -5.78. The second kappa shape index (κ2) is 3.63. The molecule has 0 atom stereocenters. The first kappa shape index (κ1) is 12.2. The molecule has 0 spiro atoms. The molecule has 9 heteroatoms. The third-order valence-corrected chi connectivity index (χ3v) is 2.17. The molecule has 0 saturated heterocycles. The third kappa shape index (κ3) is 1.66. The van der Waals surface area contributed by atoms with Gasteiger partial charge in [-0.25, -0.2) is 0 Å². The van der Waals surface area contributed by atoms with Gasteiger partial charge in [0.1, 0.15) is 6.07 Å². The van der Waals surface area contributed by atoms with E-state index in [0.717, 1.165) is 12.3 Å². The highest BCUT2D eigenvalue weighted by atomic mass is 19.4. The molecule has 2 aromatic heterocycles. The van der Waals surface area contributed by atoms with Crippen LogP contribution < -0.4 is 0 Å². The van der Waals surface area contributed by atoms with Crippen LogP contribution in [0.25, 0.3) is 5.65 Å². The van der Waals surface area contributed by atoms with Crippen LogP contribution in [0.2, 0.25) is 0 Å². The zero-order valence-corrected chi connectivity index (χ0v) is 8.41. The summed E-state index contributed by atoms with van der Waals surface area (Å²) in [6.07, 6.45) is -4.96. The average Bonchev–Trinajstić information content (AvgIpc) is 2.70. The summed E-state index contributed by atoms with van der Waals surface area (Å²) in [6.45, 7) is 0. The molecule has 0 N–H and O–H groups in total. The van der Waals surface area contributed by atoms with E-state index in [2.05, 4.69) is 10.2 Å². The largest absolute Gasteiger partial charge is 0.461 e. The van der Waals surface area contributed by atoms with E-state index in [4.69, 9.17) is 5.26 Å². The van der Waals surface area contributed by atoms with Crippen LogP contribution in [-0.2, 0) is 5.92 Å². The third-order valence-electron chi connectivity index (χ3n) is 2.17. The molecular weight excluding hydrogens is 259 g/mol. The van der Waals surface area contributed by atoms with Gasteiger partial charge in [-0.1, -0.05) is 0 Å². The van der Waals surface area contributed by atoms with Crippen molar-refractivity contribution in [2.24, 2.45) is 0 Å². The Labute approximate surface area is 96.3 Å². The SMILES string of the molecule is N#Cc1ccc2nnc(C(F)(F)C(F)(F)F)n2c1. The number of halogens is 5. The van der Waals surface area contributed by atoms with Gasteiger partial charge in [0.2, 0.25) is 5.82 Å². The van der Waals surface area contributed by atoms with Gasteiger partial charge >= 0.3 is 12.1 Å². The maximum atomic E-state index is 13.1. The second-order valence-electron chi connectivity index (χ2n) is 3.35. The van der Waals surface area contributed by atoms with Gasteiger partial charge in [0.15, 0.2) is 5.65 Å². The lowest BCUT2D eigenvalue weighted by atomic mass is 10.3. The smallest absolute Gasteiger partial charge is 0.280 e. The van der Waals surface area contributed by atoms with Crippen LogP contribution in [0.5, 0.6) is 0 Å². The Balaban J connectivity index is 2.70. The van der Waals surface area contributed by atoms with E-state index >= 15 is 0 Å². The maximum Gasteiger partial charge on any atom is 0.461 e. The highest BCUT2D eigenvalue weighted by Crippen LogP contribution is 2.42. The number of hydrogen-bond acceptors (Lipinski definition) is 3. The second-order valence-corrected chi connectivity index (χ2v) is 3.35. The van der Waals surface area contributed by atoms with E-state index in [1.165, 1.54) is 6.07 Å². The summed E-state index contributed by atoms with van der Waals surface area (Å²) in [5.74, 6) is -6.71. The molecule has 2 heterocycles. The standard InChI is InChI=1S/C9H3F5N4/c10-8(11,9(12,13)14)7-17-16-6-2-1-5(3-15)4-18(6)7/h1-2,4H. The van der Waals surface area contributed by atoms with Crippen molar-refractivity contribution in [3.8, 4) is 6.07 Å². The summed E-state index contributed by atoms with van der Waals surface area (Å²) in [4.78, 5) is 0. The van der Waals surface area contributed by atoms with E-state index in [0.29, 0.717) is 4.40 Å². The first-order valence-electron chi connectivity index (χ1n) is 4.47. The topological polar surface area (TPSA) is 54.0 Å². The summed E-state index contributed by atoms with van der Waals surface area (Å²) in [6, 6.07) is 3.99. The molecule has 0 aromatic carbocycles. The van der Waals surface area contributed by atoms with Crippen molar-refractivity contribution in [1.82, 2.24) is 14.6 Å². The van der Waals surface area contributed by atoms with Gasteiger partial charge in [-0.2, -0.15) is 27.2 Å². The Hall–Kier alpha value is -2.24. The fourth-order valence-corrected chi connectivity index (χ4v) is 1.30. The lowest BCUT2D eigenvalue weighted by molar-refractivity contribution is -0.292. The fourth-order valence-electron chi connectivity index (χ4n) is 1.30. The van der Waals surface area contributed by atoms with Crippen LogP contribution in [0.15, 0.2) is 18.3 Å². The van der Waals surface area contributed by atoms with Crippen molar-refractivity contribution in [1.29, 1.82) is 5.26 Å². The number of rotatable bonds is 1. The molecule has 0 aliphatic heterocycles. The molecule has 0 unspecified atom stereocenters. The number of hydrogen-bond donors (Lipinski definition) is 0. The van der Waals surface area contributed by atoms with E-state index in [-0.39, 0.29) is 11.2 Å². The van der Waals surface area contributed by atoms with Crippen LogP contribution >= 0.6 is 0 Å². The van der Waals surface area contributed by atoms with Crippen molar-refractivity contribution in [2.45, 2.75) is 12.1 Å². The first-order chi connectivity index (χ1) is 8.27. The number of fused-ring (bicyclic) bond motifs is 1. The average molecular weight is 262 g/mol. The number of pyridine rings is 1.